The fraction of sp³-hybridized carbons (Fsp3) is 0.381. The van der Waals surface area contributed by atoms with Gasteiger partial charge in [-0.1, -0.05) is 19.1 Å². The molecule has 0 amide bonds. The quantitative estimate of drug-likeness (QED) is 0.683. The largest absolute Gasteiger partial charge is 0.350 e. The van der Waals surface area contributed by atoms with Gasteiger partial charge in [-0.3, -0.25) is 9.88 Å². The van der Waals surface area contributed by atoms with E-state index in [0.717, 1.165) is 36.4 Å². The first-order chi connectivity index (χ1) is 12.8. The van der Waals surface area contributed by atoms with Crippen molar-refractivity contribution in [1.82, 2.24) is 19.9 Å². The summed E-state index contributed by atoms with van der Waals surface area (Å²) in [4.78, 5) is 18.3. The van der Waals surface area contributed by atoms with Crippen molar-refractivity contribution in [3.63, 3.8) is 0 Å². The van der Waals surface area contributed by atoms with E-state index in [4.69, 9.17) is 0 Å². The van der Waals surface area contributed by atoms with E-state index in [9.17, 15) is 0 Å². The molecule has 0 aliphatic carbocycles. The summed E-state index contributed by atoms with van der Waals surface area (Å²) in [6.07, 6.45) is 7.94. The van der Waals surface area contributed by atoms with Gasteiger partial charge < -0.3 is 4.90 Å². The Morgan fingerprint density at radius 3 is 2.81 bits per heavy atom. The average Bonchev–Trinajstić information content (AvgIpc) is 3.15. The van der Waals surface area contributed by atoms with Crippen molar-refractivity contribution in [2.45, 2.75) is 32.4 Å². The highest BCUT2D eigenvalue weighted by Gasteiger charge is 2.26. The molecule has 1 unspecified atom stereocenters. The zero-order valence-corrected chi connectivity index (χ0v) is 15.3. The summed E-state index contributed by atoms with van der Waals surface area (Å²) in [5.74, 6) is 1.02. The first kappa shape index (κ1) is 16.9. The molecule has 0 radical (unpaired) electrons. The Morgan fingerprint density at radius 1 is 1.12 bits per heavy atom. The van der Waals surface area contributed by atoms with Crippen LogP contribution in [0.1, 0.15) is 25.3 Å². The Kier molecular flexibility index (Phi) is 5.07. The standard InChI is InChI=1S/C21H25N5/c1-2-25-13-5-6-18(25)15-26(14-17-9-11-22-12-10-17)21-19-7-3-4-8-20(19)23-16-24-21/h3-4,7-12,16,18H,2,5-6,13-15H2,1H3. The molecule has 26 heavy (non-hydrogen) atoms. The summed E-state index contributed by atoms with van der Waals surface area (Å²) in [5, 5.41) is 1.12. The van der Waals surface area contributed by atoms with Gasteiger partial charge in [0.1, 0.15) is 12.1 Å². The first-order valence-corrected chi connectivity index (χ1v) is 9.43. The van der Waals surface area contributed by atoms with Crippen molar-refractivity contribution in [1.29, 1.82) is 0 Å². The molecule has 1 fully saturated rings. The molecule has 4 rings (SSSR count). The van der Waals surface area contributed by atoms with Crippen molar-refractivity contribution < 1.29 is 0 Å². The van der Waals surface area contributed by atoms with Gasteiger partial charge in [0.25, 0.3) is 0 Å². The van der Waals surface area contributed by atoms with E-state index in [2.05, 4.69) is 62.0 Å². The summed E-state index contributed by atoms with van der Waals surface area (Å²) in [6.45, 7) is 6.38. The predicted octanol–water partition coefficient (Wildman–Crippen LogP) is 3.52. The van der Waals surface area contributed by atoms with Crippen molar-refractivity contribution in [2.75, 3.05) is 24.5 Å². The fourth-order valence-corrected chi connectivity index (χ4v) is 3.95. The minimum absolute atomic E-state index is 0.579. The molecule has 1 aliphatic heterocycles. The Labute approximate surface area is 154 Å². The number of rotatable bonds is 6. The number of fused-ring (bicyclic) bond motifs is 1. The van der Waals surface area contributed by atoms with E-state index in [0.29, 0.717) is 6.04 Å². The van der Waals surface area contributed by atoms with Crippen LogP contribution in [0.3, 0.4) is 0 Å². The lowest BCUT2D eigenvalue weighted by atomic mass is 10.1. The van der Waals surface area contributed by atoms with Gasteiger partial charge in [0, 0.05) is 36.9 Å². The van der Waals surface area contributed by atoms with E-state index in [1.165, 1.54) is 24.9 Å². The van der Waals surface area contributed by atoms with Crippen LogP contribution in [0.4, 0.5) is 5.82 Å². The van der Waals surface area contributed by atoms with Gasteiger partial charge in [-0.2, -0.15) is 0 Å². The molecule has 5 heteroatoms. The van der Waals surface area contributed by atoms with Crippen LogP contribution in [0.2, 0.25) is 0 Å². The maximum Gasteiger partial charge on any atom is 0.140 e. The average molecular weight is 347 g/mol. The van der Waals surface area contributed by atoms with Crippen LogP contribution >= 0.6 is 0 Å². The number of hydrogen-bond acceptors (Lipinski definition) is 5. The Hall–Kier alpha value is -2.53. The molecule has 134 valence electrons. The fourth-order valence-electron chi connectivity index (χ4n) is 3.95. The normalized spacial score (nSPS) is 17.7. The van der Waals surface area contributed by atoms with Crippen LogP contribution < -0.4 is 4.90 Å². The molecule has 0 saturated carbocycles. The summed E-state index contributed by atoms with van der Waals surface area (Å²) >= 11 is 0. The van der Waals surface area contributed by atoms with Crippen LogP contribution in [0, 0.1) is 0 Å². The van der Waals surface area contributed by atoms with E-state index in [1.54, 1.807) is 6.33 Å². The van der Waals surface area contributed by atoms with E-state index < -0.39 is 0 Å². The van der Waals surface area contributed by atoms with Gasteiger partial charge in [0.15, 0.2) is 0 Å². The molecule has 0 bridgehead atoms. The van der Waals surface area contributed by atoms with E-state index >= 15 is 0 Å². The minimum Gasteiger partial charge on any atom is -0.350 e. The zero-order valence-electron chi connectivity index (χ0n) is 15.3. The monoisotopic (exact) mass is 347 g/mol. The molecular weight excluding hydrogens is 322 g/mol. The molecule has 1 saturated heterocycles. The molecule has 1 aromatic carbocycles. The van der Waals surface area contributed by atoms with Crippen molar-refractivity contribution in [2.24, 2.45) is 0 Å². The second-order valence-electron chi connectivity index (χ2n) is 6.88. The Morgan fingerprint density at radius 2 is 1.96 bits per heavy atom. The van der Waals surface area contributed by atoms with Gasteiger partial charge in [0.05, 0.1) is 5.52 Å². The number of anilines is 1. The Balaban J connectivity index is 1.69. The summed E-state index contributed by atoms with van der Waals surface area (Å²) in [7, 11) is 0. The number of nitrogens with zero attached hydrogens (tertiary/aromatic N) is 5. The van der Waals surface area contributed by atoms with Gasteiger partial charge in [-0.15, -0.1) is 0 Å². The summed E-state index contributed by atoms with van der Waals surface area (Å²) < 4.78 is 0. The highest BCUT2D eigenvalue weighted by atomic mass is 15.3. The van der Waals surface area contributed by atoms with Crippen LogP contribution in [0.5, 0.6) is 0 Å². The zero-order chi connectivity index (χ0) is 17.8. The molecule has 3 aromatic rings. The summed E-state index contributed by atoms with van der Waals surface area (Å²) in [6, 6.07) is 13.0. The number of benzene rings is 1. The molecule has 1 atom stereocenters. The van der Waals surface area contributed by atoms with Gasteiger partial charge in [-0.25, -0.2) is 9.97 Å². The second kappa shape index (κ2) is 7.79. The van der Waals surface area contributed by atoms with Crippen LogP contribution in [-0.2, 0) is 6.54 Å². The first-order valence-electron chi connectivity index (χ1n) is 9.43. The molecule has 3 heterocycles. The minimum atomic E-state index is 0.579. The van der Waals surface area contributed by atoms with Crippen molar-refractivity contribution in [3.05, 3.63) is 60.7 Å². The Bertz CT molecular complexity index is 846. The number of aromatic nitrogens is 3. The second-order valence-corrected chi connectivity index (χ2v) is 6.88. The van der Waals surface area contributed by atoms with Crippen molar-refractivity contribution >= 4 is 16.7 Å². The van der Waals surface area contributed by atoms with E-state index in [1.807, 2.05) is 18.5 Å². The number of hydrogen-bond donors (Lipinski definition) is 0. The van der Waals surface area contributed by atoms with Gasteiger partial charge in [0.2, 0.25) is 0 Å². The lowest BCUT2D eigenvalue weighted by Crippen LogP contribution is -2.40. The maximum atomic E-state index is 4.68. The van der Waals surface area contributed by atoms with Crippen LogP contribution in [-0.4, -0.2) is 45.5 Å². The predicted molar refractivity (Wildman–Crippen MR) is 105 cm³/mol. The van der Waals surface area contributed by atoms with Crippen LogP contribution in [0.25, 0.3) is 10.9 Å². The number of likely N-dealkylation sites (tertiary alicyclic amines) is 1. The SMILES string of the molecule is CCN1CCCC1CN(Cc1ccncc1)c1ncnc2ccccc12. The third-order valence-corrected chi connectivity index (χ3v) is 5.28. The smallest absolute Gasteiger partial charge is 0.140 e. The van der Waals surface area contributed by atoms with Gasteiger partial charge in [-0.05, 0) is 55.8 Å². The molecule has 1 aliphatic rings. The van der Waals surface area contributed by atoms with Crippen molar-refractivity contribution in [3.8, 4) is 0 Å². The summed E-state index contributed by atoms with van der Waals surface area (Å²) in [5.41, 5.74) is 2.25. The lowest BCUT2D eigenvalue weighted by Gasteiger charge is -2.31. The molecule has 0 N–H and O–H groups in total. The number of pyridine rings is 1. The molecule has 0 spiro atoms. The third kappa shape index (κ3) is 3.53. The lowest BCUT2D eigenvalue weighted by molar-refractivity contribution is 0.268. The highest BCUT2D eigenvalue weighted by molar-refractivity contribution is 5.89. The highest BCUT2D eigenvalue weighted by Crippen LogP contribution is 2.27. The topological polar surface area (TPSA) is 45.2 Å². The molecule has 2 aromatic heterocycles. The molecule has 5 nitrogen and oxygen atoms in total. The molecular formula is C21H25N5. The van der Waals surface area contributed by atoms with Crippen LogP contribution in [0.15, 0.2) is 55.1 Å². The number of para-hydroxylation sites is 1. The third-order valence-electron chi connectivity index (χ3n) is 5.28. The van der Waals surface area contributed by atoms with E-state index in [-0.39, 0.29) is 0 Å². The van der Waals surface area contributed by atoms with Gasteiger partial charge >= 0.3 is 0 Å². The number of likely N-dealkylation sites (N-methyl/N-ethyl adjacent to an activating group) is 1. The maximum absolute atomic E-state index is 4.68.